The Bertz CT molecular complexity index is 684. The smallest absolute Gasteiger partial charge is 0.360 e. The van der Waals surface area contributed by atoms with Crippen LogP contribution in [0.15, 0.2) is 34.9 Å². The number of hydrogen-bond acceptors (Lipinski definition) is 5. The minimum absolute atomic E-state index is 0.00671. The first kappa shape index (κ1) is 15.0. The number of anilines is 2. The van der Waals surface area contributed by atoms with Crippen molar-refractivity contribution in [3.63, 3.8) is 0 Å². The van der Waals surface area contributed by atoms with Crippen molar-refractivity contribution in [2.45, 2.75) is 6.54 Å². The maximum atomic E-state index is 11.9. The molecule has 1 aromatic heterocycles. The van der Waals surface area contributed by atoms with Crippen LogP contribution >= 0.6 is 15.9 Å². The Labute approximate surface area is 129 Å². The lowest BCUT2D eigenvalue weighted by Gasteiger charge is -2.05. The number of benzene rings is 1. The van der Waals surface area contributed by atoms with Crippen molar-refractivity contribution in [2.75, 3.05) is 18.2 Å². The van der Waals surface area contributed by atoms with Gasteiger partial charge in [-0.1, -0.05) is 22.0 Å². The van der Waals surface area contributed by atoms with Crippen LogP contribution in [0.4, 0.5) is 11.4 Å². The molecule has 0 atom stereocenters. The van der Waals surface area contributed by atoms with Gasteiger partial charge in [0.05, 0.1) is 12.8 Å². The topological polar surface area (TPSA) is 99.2 Å². The fourth-order valence-electron chi connectivity index (χ4n) is 1.69. The molecule has 0 saturated heterocycles. The van der Waals surface area contributed by atoms with Gasteiger partial charge in [0, 0.05) is 16.4 Å². The molecule has 2 rings (SSSR count). The summed E-state index contributed by atoms with van der Waals surface area (Å²) in [6.07, 6.45) is 1.41. The second kappa shape index (κ2) is 6.40. The van der Waals surface area contributed by atoms with E-state index in [1.807, 2.05) is 6.07 Å². The van der Waals surface area contributed by atoms with Gasteiger partial charge in [-0.2, -0.15) is 5.10 Å². The zero-order valence-corrected chi connectivity index (χ0v) is 12.8. The van der Waals surface area contributed by atoms with E-state index in [1.165, 1.54) is 18.0 Å². The van der Waals surface area contributed by atoms with Crippen LogP contribution in [-0.2, 0) is 16.1 Å². The fraction of sp³-hybridized carbons (Fsp3) is 0.154. The number of hydrogen-bond donors (Lipinski definition) is 2. The Kier molecular flexibility index (Phi) is 4.59. The highest BCUT2D eigenvalue weighted by Gasteiger charge is 2.16. The van der Waals surface area contributed by atoms with Crippen LogP contribution in [0.5, 0.6) is 0 Å². The molecule has 1 heterocycles. The van der Waals surface area contributed by atoms with Crippen LogP contribution in [-0.4, -0.2) is 28.8 Å². The van der Waals surface area contributed by atoms with Crippen molar-refractivity contribution < 1.29 is 14.3 Å². The number of halogens is 1. The number of methoxy groups -OCH3 is 1. The first-order valence-corrected chi connectivity index (χ1v) is 6.75. The molecule has 3 N–H and O–H groups in total. The largest absolute Gasteiger partial charge is 0.464 e. The maximum absolute atomic E-state index is 11.9. The number of nitrogens with two attached hydrogens (primary N) is 1. The van der Waals surface area contributed by atoms with E-state index in [-0.39, 0.29) is 23.8 Å². The molecule has 21 heavy (non-hydrogen) atoms. The third-order valence-corrected chi connectivity index (χ3v) is 3.08. The molecule has 8 heteroatoms. The summed E-state index contributed by atoms with van der Waals surface area (Å²) in [5, 5.41) is 6.64. The molecule has 0 spiro atoms. The van der Waals surface area contributed by atoms with Gasteiger partial charge in [-0.3, -0.25) is 9.48 Å². The minimum Gasteiger partial charge on any atom is -0.464 e. The number of nitrogen functional groups attached to an aromatic ring is 1. The summed E-state index contributed by atoms with van der Waals surface area (Å²) in [5.41, 5.74) is 6.46. The van der Waals surface area contributed by atoms with Crippen molar-refractivity contribution in [3.05, 3.63) is 40.6 Å². The molecule has 0 unspecified atom stereocenters. The highest BCUT2D eigenvalue weighted by molar-refractivity contribution is 9.10. The van der Waals surface area contributed by atoms with Crippen molar-refractivity contribution in [1.82, 2.24) is 9.78 Å². The van der Waals surface area contributed by atoms with Gasteiger partial charge in [0.25, 0.3) is 0 Å². The minimum atomic E-state index is -0.640. The number of esters is 1. The lowest BCUT2D eigenvalue weighted by molar-refractivity contribution is -0.116. The van der Waals surface area contributed by atoms with E-state index in [1.54, 1.807) is 18.2 Å². The van der Waals surface area contributed by atoms with Crippen molar-refractivity contribution in [2.24, 2.45) is 0 Å². The molecule has 7 nitrogen and oxygen atoms in total. The van der Waals surface area contributed by atoms with E-state index in [4.69, 9.17) is 5.73 Å². The molecule has 1 aromatic carbocycles. The van der Waals surface area contributed by atoms with Gasteiger partial charge in [0.15, 0.2) is 5.69 Å². The molecule has 1 amide bonds. The third kappa shape index (κ3) is 3.82. The SMILES string of the molecule is COC(=O)c1nn(CC(=O)Nc2cccc(Br)c2)cc1N. The van der Waals surface area contributed by atoms with Crippen LogP contribution in [0.3, 0.4) is 0 Å². The summed E-state index contributed by atoms with van der Waals surface area (Å²) in [7, 11) is 1.24. The molecular weight excluding hydrogens is 340 g/mol. The third-order valence-electron chi connectivity index (χ3n) is 2.58. The number of ether oxygens (including phenoxy) is 1. The van der Waals surface area contributed by atoms with E-state index in [0.717, 1.165) is 4.47 Å². The summed E-state index contributed by atoms with van der Waals surface area (Å²) >= 11 is 3.32. The number of nitrogens with one attached hydrogen (secondary N) is 1. The number of carbonyl (C=O) groups excluding carboxylic acids is 2. The van der Waals surface area contributed by atoms with Crippen LogP contribution < -0.4 is 11.1 Å². The molecule has 0 saturated carbocycles. The molecule has 0 aliphatic heterocycles. The molecule has 0 aliphatic rings. The summed E-state index contributed by atoms with van der Waals surface area (Å²) < 4.78 is 6.69. The van der Waals surface area contributed by atoms with Crippen LogP contribution in [0, 0.1) is 0 Å². The summed E-state index contributed by atoms with van der Waals surface area (Å²) in [4.78, 5) is 23.3. The average molecular weight is 353 g/mol. The normalized spacial score (nSPS) is 10.2. The number of aromatic nitrogens is 2. The van der Waals surface area contributed by atoms with Crippen LogP contribution in [0.1, 0.15) is 10.5 Å². The Balaban J connectivity index is 2.05. The van der Waals surface area contributed by atoms with Crippen LogP contribution in [0.25, 0.3) is 0 Å². The Morgan fingerprint density at radius 1 is 1.48 bits per heavy atom. The molecule has 0 aliphatic carbocycles. The van der Waals surface area contributed by atoms with Crippen LogP contribution in [0.2, 0.25) is 0 Å². The van der Waals surface area contributed by atoms with Gasteiger partial charge >= 0.3 is 5.97 Å². The van der Waals surface area contributed by atoms with E-state index < -0.39 is 5.97 Å². The van der Waals surface area contributed by atoms with Gasteiger partial charge in [-0.05, 0) is 18.2 Å². The highest BCUT2D eigenvalue weighted by Crippen LogP contribution is 2.16. The van der Waals surface area contributed by atoms with Gasteiger partial charge in [0.1, 0.15) is 6.54 Å². The van der Waals surface area contributed by atoms with Gasteiger partial charge in [-0.15, -0.1) is 0 Å². The predicted octanol–water partition coefficient (Wildman–Crippen LogP) is 1.65. The lowest BCUT2D eigenvalue weighted by Crippen LogP contribution is -2.19. The number of amides is 1. The molecule has 0 radical (unpaired) electrons. The standard InChI is InChI=1S/C13H13BrN4O3/c1-21-13(20)12-10(15)6-18(17-12)7-11(19)16-9-4-2-3-8(14)5-9/h2-6H,7,15H2,1H3,(H,16,19). The molecular formula is C13H13BrN4O3. The molecule has 0 fully saturated rings. The van der Waals surface area contributed by atoms with E-state index >= 15 is 0 Å². The lowest BCUT2D eigenvalue weighted by atomic mass is 10.3. The van der Waals surface area contributed by atoms with E-state index in [9.17, 15) is 9.59 Å². The van der Waals surface area contributed by atoms with Gasteiger partial charge in [0.2, 0.25) is 5.91 Å². The Morgan fingerprint density at radius 3 is 2.90 bits per heavy atom. The number of nitrogens with zero attached hydrogens (tertiary/aromatic N) is 2. The van der Waals surface area contributed by atoms with Crippen molar-refractivity contribution in [3.8, 4) is 0 Å². The first-order valence-electron chi connectivity index (χ1n) is 5.96. The van der Waals surface area contributed by atoms with Crippen molar-refractivity contribution >= 4 is 39.2 Å². The summed E-state index contributed by atoms with van der Waals surface area (Å²) in [6.45, 7) is -0.0618. The Hall–Kier alpha value is -2.35. The predicted molar refractivity (Wildman–Crippen MR) is 80.8 cm³/mol. The fourth-order valence-corrected chi connectivity index (χ4v) is 2.09. The quantitative estimate of drug-likeness (QED) is 0.815. The average Bonchev–Trinajstić information content (AvgIpc) is 2.78. The monoisotopic (exact) mass is 352 g/mol. The zero-order chi connectivity index (χ0) is 15.4. The Morgan fingerprint density at radius 2 is 2.24 bits per heavy atom. The second-order valence-corrected chi connectivity index (χ2v) is 5.10. The highest BCUT2D eigenvalue weighted by atomic mass is 79.9. The van der Waals surface area contributed by atoms with E-state index in [2.05, 4.69) is 31.1 Å². The number of rotatable bonds is 4. The first-order chi connectivity index (χ1) is 9.99. The number of carbonyl (C=O) groups is 2. The van der Waals surface area contributed by atoms with E-state index in [0.29, 0.717) is 5.69 Å². The molecule has 2 aromatic rings. The van der Waals surface area contributed by atoms with Crippen molar-refractivity contribution in [1.29, 1.82) is 0 Å². The molecule has 0 bridgehead atoms. The summed E-state index contributed by atoms with van der Waals surface area (Å²) in [6, 6.07) is 7.20. The zero-order valence-electron chi connectivity index (χ0n) is 11.2. The maximum Gasteiger partial charge on any atom is 0.360 e. The van der Waals surface area contributed by atoms with Gasteiger partial charge < -0.3 is 15.8 Å². The second-order valence-electron chi connectivity index (χ2n) is 4.18. The summed E-state index contributed by atoms with van der Waals surface area (Å²) in [5.74, 6) is -0.925. The van der Waals surface area contributed by atoms with Gasteiger partial charge in [-0.25, -0.2) is 4.79 Å². The molecule has 110 valence electrons.